The number of piperidine rings is 1. The molecule has 2 heterocycles. The lowest BCUT2D eigenvalue weighted by atomic mass is 9.91. The number of amides is 1. The summed E-state index contributed by atoms with van der Waals surface area (Å²) in [6.45, 7) is 4.13. The van der Waals surface area contributed by atoms with Gasteiger partial charge >= 0.3 is 0 Å². The fourth-order valence-corrected chi connectivity index (χ4v) is 5.02. The van der Waals surface area contributed by atoms with Crippen molar-refractivity contribution in [2.75, 3.05) is 26.2 Å². The van der Waals surface area contributed by atoms with Gasteiger partial charge in [0.15, 0.2) is 0 Å². The van der Waals surface area contributed by atoms with Gasteiger partial charge in [0.25, 0.3) is 0 Å². The Morgan fingerprint density at radius 1 is 0.929 bits per heavy atom. The molecule has 0 aromatic heterocycles. The van der Waals surface area contributed by atoms with Crippen molar-refractivity contribution in [2.45, 2.75) is 76.4 Å². The van der Waals surface area contributed by atoms with Crippen LogP contribution in [0.15, 0.2) is 18.2 Å². The number of fused-ring (bicyclic) bond motifs is 1. The van der Waals surface area contributed by atoms with E-state index in [0.29, 0.717) is 11.8 Å². The average molecular weight is 383 g/mol. The molecule has 4 nitrogen and oxygen atoms in total. The van der Waals surface area contributed by atoms with Crippen LogP contribution in [0.5, 0.6) is 5.75 Å². The number of rotatable bonds is 5. The molecule has 2 saturated carbocycles. The molecule has 0 N–H and O–H groups in total. The van der Waals surface area contributed by atoms with Crippen LogP contribution in [-0.2, 0) is 17.6 Å². The van der Waals surface area contributed by atoms with Crippen LogP contribution in [0.1, 0.15) is 62.5 Å². The summed E-state index contributed by atoms with van der Waals surface area (Å²) in [5.41, 5.74) is 2.99. The normalized spacial score (nSPS) is 24.4. The first kappa shape index (κ1) is 18.5. The van der Waals surface area contributed by atoms with Gasteiger partial charge in [0, 0.05) is 51.5 Å². The summed E-state index contributed by atoms with van der Waals surface area (Å²) in [5, 5.41) is 0. The summed E-state index contributed by atoms with van der Waals surface area (Å²) in [6.07, 6.45) is 12.0. The molecule has 0 bridgehead atoms. The molecule has 1 aromatic rings. The Balaban J connectivity index is 1.14. The van der Waals surface area contributed by atoms with E-state index in [1.165, 1.54) is 62.7 Å². The molecule has 1 saturated heterocycles. The number of carbonyl (C=O) groups is 1. The monoisotopic (exact) mass is 382 g/mol. The fraction of sp³-hybridized carbons (Fsp3) is 0.708. The van der Waals surface area contributed by atoms with Crippen LogP contribution >= 0.6 is 0 Å². The first-order chi connectivity index (χ1) is 13.7. The quantitative estimate of drug-likeness (QED) is 0.776. The lowest BCUT2D eigenvalue weighted by Crippen LogP contribution is -2.41. The van der Waals surface area contributed by atoms with E-state index < -0.39 is 0 Å². The van der Waals surface area contributed by atoms with Gasteiger partial charge in [0.05, 0.1) is 0 Å². The fourth-order valence-electron chi connectivity index (χ4n) is 5.02. The molecule has 28 heavy (non-hydrogen) atoms. The Morgan fingerprint density at radius 3 is 2.36 bits per heavy atom. The van der Waals surface area contributed by atoms with Gasteiger partial charge in [-0.25, -0.2) is 0 Å². The van der Waals surface area contributed by atoms with E-state index in [0.717, 1.165) is 50.6 Å². The molecule has 1 aromatic carbocycles. The van der Waals surface area contributed by atoms with Gasteiger partial charge in [0.2, 0.25) is 5.91 Å². The van der Waals surface area contributed by atoms with E-state index in [1.54, 1.807) is 0 Å². The molecule has 2 aliphatic carbocycles. The molecule has 4 heteroatoms. The predicted molar refractivity (Wildman–Crippen MR) is 111 cm³/mol. The van der Waals surface area contributed by atoms with Gasteiger partial charge in [0.1, 0.15) is 11.9 Å². The van der Waals surface area contributed by atoms with E-state index in [-0.39, 0.29) is 6.10 Å². The largest absolute Gasteiger partial charge is 0.490 e. The van der Waals surface area contributed by atoms with E-state index in [2.05, 4.69) is 28.0 Å². The van der Waals surface area contributed by atoms with Crippen LogP contribution in [0.3, 0.4) is 0 Å². The molecule has 0 unspecified atom stereocenters. The van der Waals surface area contributed by atoms with E-state index in [1.807, 2.05) is 0 Å². The van der Waals surface area contributed by atoms with Crippen LogP contribution in [0.4, 0.5) is 0 Å². The number of likely N-dealkylation sites (tertiary alicyclic amines) is 1. The molecule has 2 aliphatic heterocycles. The van der Waals surface area contributed by atoms with Crippen molar-refractivity contribution in [3.05, 3.63) is 29.3 Å². The smallest absolute Gasteiger partial charge is 0.222 e. The third-order valence-electron chi connectivity index (χ3n) is 7.36. The maximum absolute atomic E-state index is 12.3. The molecule has 4 aliphatic rings. The Morgan fingerprint density at radius 2 is 1.68 bits per heavy atom. The van der Waals surface area contributed by atoms with Crippen molar-refractivity contribution in [1.29, 1.82) is 0 Å². The molecule has 5 rings (SSSR count). The zero-order valence-electron chi connectivity index (χ0n) is 17.1. The first-order valence-corrected chi connectivity index (χ1v) is 11.5. The Bertz CT molecular complexity index is 703. The average Bonchev–Trinajstić information content (AvgIpc) is 3.49. The summed E-state index contributed by atoms with van der Waals surface area (Å²) >= 11 is 0. The lowest BCUT2D eigenvalue weighted by molar-refractivity contribution is -0.133. The minimum Gasteiger partial charge on any atom is -0.490 e. The van der Waals surface area contributed by atoms with Gasteiger partial charge in [-0.1, -0.05) is 12.5 Å². The van der Waals surface area contributed by atoms with Crippen molar-refractivity contribution in [1.82, 2.24) is 9.80 Å². The topological polar surface area (TPSA) is 32.8 Å². The van der Waals surface area contributed by atoms with Crippen molar-refractivity contribution in [3.8, 4) is 5.75 Å². The lowest BCUT2D eigenvalue weighted by Gasteiger charge is -2.36. The third kappa shape index (κ3) is 4.22. The maximum atomic E-state index is 12.3. The molecule has 0 spiro atoms. The predicted octanol–water partition coefficient (Wildman–Crippen LogP) is 3.81. The number of hydrogen-bond acceptors (Lipinski definition) is 3. The van der Waals surface area contributed by atoms with Gasteiger partial charge in [-0.15, -0.1) is 0 Å². The van der Waals surface area contributed by atoms with Crippen molar-refractivity contribution in [3.63, 3.8) is 0 Å². The zero-order valence-corrected chi connectivity index (χ0v) is 17.1. The first-order valence-electron chi connectivity index (χ1n) is 11.5. The van der Waals surface area contributed by atoms with Crippen LogP contribution in [0.25, 0.3) is 0 Å². The van der Waals surface area contributed by atoms with E-state index in [4.69, 9.17) is 4.74 Å². The summed E-state index contributed by atoms with van der Waals surface area (Å²) in [4.78, 5) is 17.1. The zero-order chi connectivity index (χ0) is 18.9. The second-order valence-corrected chi connectivity index (χ2v) is 9.40. The molecular formula is C24H34N2O2. The number of hydrogen-bond donors (Lipinski definition) is 0. The van der Waals surface area contributed by atoms with Gasteiger partial charge in [-0.3, -0.25) is 9.69 Å². The molecule has 0 radical (unpaired) electrons. The van der Waals surface area contributed by atoms with Gasteiger partial charge < -0.3 is 9.64 Å². The summed E-state index contributed by atoms with van der Waals surface area (Å²) in [6, 6.07) is 7.61. The highest BCUT2D eigenvalue weighted by Crippen LogP contribution is 2.33. The summed E-state index contributed by atoms with van der Waals surface area (Å²) in [7, 11) is 0. The third-order valence-corrected chi connectivity index (χ3v) is 7.36. The molecule has 1 amide bonds. The Kier molecular flexibility index (Phi) is 5.32. The van der Waals surface area contributed by atoms with Crippen LogP contribution < -0.4 is 4.74 Å². The highest BCUT2D eigenvalue weighted by atomic mass is 16.5. The van der Waals surface area contributed by atoms with Gasteiger partial charge in [-0.2, -0.15) is 0 Å². The molecule has 0 atom stereocenters. The number of carbonyl (C=O) groups excluding carboxylic acids is 1. The Hall–Kier alpha value is -1.55. The molecule has 152 valence electrons. The standard InChI is InChI=1S/C24H34N2O2/c27-24(16-18-4-5-18)26-14-10-22(11-15-26)28-23-7-6-19-8-12-25(21-2-1-3-21)13-9-20(19)17-23/h6-7,17-18,21-22H,1-5,8-16H2. The SMILES string of the molecule is O=C(CC1CC1)N1CCC(Oc2ccc3c(c2)CCN(C2CCC2)CC3)CC1. The van der Waals surface area contributed by atoms with Crippen LogP contribution in [-0.4, -0.2) is 54.0 Å². The van der Waals surface area contributed by atoms with Crippen molar-refractivity contribution in [2.24, 2.45) is 5.92 Å². The minimum absolute atomic E-state index is 0.250. The highest BCUT2D eigenvalue weighted by molar-refractivity contribution is 5.76. The molecule has 3 fully saturated rings. The number of ether oxygens (including phenoxy) is 1. The second-order valence-electron chi connectivity index (χ2n) is 9.40. The Labute approximate surface area is 169 Å². The van der Waals surface area contributed by atoms with E-state index in [9.17, 15) is 4.79 Å². The van der Waals surface area contributed by atoms with E-state index >= 15 is 0 Å². The van der Waals surface area contributed by atoms with Crippen LogP contribution in [0.2, 0.25) is 0 Å². The number of benzene rings is 1. The highest BCUT2D eigenvalue weighted by Gasteiger charge is 2.30. The van der Waals surface area contributed by atoms with Crippen LogP contribution in [0, 0.1) is 5.92 Å². The van der Waals surface area contributed by atoms with Crippen molar-refractivity contribution >= 4 is 5.91 Å². The molecular weight excluding hydrogens is 348 g/mol. The summed E-state index contributed by atoms with van der Waals surface area (Å²) < 4.78 is 6.34. The van der Waals surface area contributed by atoms with Gasteiger partial charge in [-0.05, 0) is 67.7 Å². The maximum Gasteiger partial charge on any atom is 0.222 e. The van der Waals surface area contributed by atoms with Crippen molar-refractivity contribution < 1.29 is 9.53 Å². The summed E-state index contributed by atoms with van der Waals surface area (Å²) in [5.74, 6) is 2.07. The minimum atomic E-state index is 0.250. The second kappa shape index (κ2) is 8.06. The number of nitrogens with zero attached hydrogens (tertiary/aromatic N) is 2.